The van der Waals surface area contributed by atoms with Crippen molar-refractivity contribution in [1.82, 2.24) is 8.61 Å². The molecule has 2 nitrogen and oxygen atoms in total. The van der Waals surface area contributed by atoms with E-state index in [1.165, 1.54) is 8.61 Å². The molecule has 0 rings (SSSR count). The Morgan fingerprint density at radius 3 is 1.15 bits per heavy atom. The van der Waals surface area contributed by atoms with E-state index in [0.29, 0.717) is 26.2 Å². The van der Waals surface area contributed by atoms with E-state index in [1.807, 2.05) is 0 Å². The fraction of sp³-hybridized carbons (Fsp3) is 1.00. The predicted molar refractivity (Wildman–Crippen MR) is 55.6 cm³/mol. The van der Waals surface area contributed by atoms with E-state index in [1.54, 1.807) is 27.7 Å². The molecule has 0 aromatic rings. The summed E-state index contributed by atoms with van der Waals surface area (Å²) < 4.78 is 29.9. The second-order valence-corrected chi connectivity index (χ2v) is 4.51. The molecule has 0 aromatic heterocycles. The van der Waals surface area contributed by atoms with Crippen molar-refractivity contribution in [3.8, 4) is 0 Å². The molecule has 0 aliphatic heterocycles. The second kappa shape index (κ2) is 5.78. The highest BCUT2D eigenvalue weighted by molar-refractivity contribution is 8.21. The molecule has 0 bridgehead atoms. The van der Waals surface area contributed by atoms with Crippen LogP contribution in [0.15, 0.2) is 0 Å². The smallest absolute Gasteiger partial charge is 0.185 e. The van der Waals surface area contributed by atoms with E-state index < -0.39 is 11.2 Å². The molecule has 0 heterocycles. The van der Waals surface area contributed by atoms with Gasteiger partial charge in [0.05, 0.1) is 0 Å². The number of hydrogen-bond acceptors (Lipinski definition) is 2. The van der Waals surface area contributed by atoms with Crippen LogP contribution in [0.4, 0.5) is 7.77 Å². The van der Waals surface area contributed by atoms with Gasteiger partial charge in [-0.1, -0.05) is 27.7 Å². The van der Waals surface area contributed by atoms with E-state index in [2.05, 4.69) is 0 Å². The molecule has 0 saturated heterocycles. The van der Waals surface area contributed by atoms with Crippen LogP contribution in [0, 0.1) is 0 Å². The minimum absolute atomic E-state index is 0.412. The third-order valence-corrected chi connectivity index (χ3v) is 4.31. The summed E-state index contributed by atoms with van der Waals surface area (Å²) in [6.07, 6.45) is 0. The van der Waals surface area contributed by atoms with Gasteiger partial charge < -0.3 is 0 Å². The molecule has 0 saturated carbocycles. The molecule has 0 amide bonds. The summed E-state index contributed by atoms with van der Waals surface area (Å²) in [6, 6.07) is 0. The van der Waals surface area contributed by atoms with Crippen molar-refractivity contribution in [2.75, 3.05) is 26.2 Å². The maximum atomic E-state index is 13.7. The molecule has 0 spiro atoms. The Balaban J connectivity index is 4.48. The molecule has 0 unspecified atom stereocenters. The maximum Gasteiger partial charge on any atom is 0.185 e. The molecule has 0 aliphatic carbocycles. The first-order chi connectivity index (χ1) is 6.04. The number of nitrogens with zero attached hydrogens (tertiary/aromatic N) is 2. The van der Waals surface area contributed by atoms with E-state index in [-0.39, 0.29) is 0 Å². The zero-order chi connectivity index (χ0) is 10.5. The van der Waals surface area contributed by atoms with Crippen molar-refractivity contribution >= 4 is 11.2 Å². The van der Waals surface area contributed by atoms with Crippen LogP contribution in [0.2, 0.25) is 0 Å². The minimum atomic E-state index is -3.70. The van der Waals surface area contributed by atoms with Gasteiger partial charge in [0.25, 0.3) is 0 Å². The molecular formula is C8H20F2N2S. The van der Waals surface area contributed by atoms with Crippen LogP contribution < -0.4 is 0 Å². The first-order valence-corrected chi connectivity index (χ1v) is 6.11. The third-order valence-electron chi connectivity index (χ3n) is 2.03. The van der Waals surface area contributed by atoms with Crippen LogP contribution in [0.25, 0.3) is 0 Å². The first-order valence-electron chi connectivity index (χ1n) is 4.77. The Morgan fingerprint density at radius 2 is 1.00 bits per heavy atom. The summed E-state index contributed by atoms with van der Waals surface area (Å²) in [5.41, 5.74) is 0. The van der Waals surface area contributed by atoms with Gasteiger partial charge in [-0.15, -0.1) is 7.77 Å². The van der Waals surface area contributed by atoms with Gasteiger partial charge in [0.1, 0.15) is 0 Å². The molecule has 0 N–H and O–H groups in total. The van der Waals surface area contributed by atoms with E-state index >= 15 is 0 Å². The van der Waals surface area contributed by atoms with Gasteiger partial charge in [0.2, 0.25) is 0 Å². The summed E-state index contributed by atoms with van der Waals surface area (Å²) in [5, 5.41) is 0. The Bertz CT molecular complexity index is 122. The van der Waals surface area contributed by atoms with Gasteiger partial charge in [0, 0.05) is 26.2 Å². The van der Waals surface area contributed by atoms with Crippen LogP contribution in [-0.2, 0) is 0 Å². The van der Waals surface area contributed by atoms with Crippen molar-refractivity contribution < 1.29 is 7.77 Å². The molecular weight excluding hydrogens is 194 g/mol. The number of rotatable bonds is 6. The van der Waals surface area contributed by atoms with Crippen LogP contribution in [0.5, 0.6) is 0 Å². The van der Waals surface area contributed by atoms with Crippen molar-refractivity contribution in [3.63, 3.8) is 0 Å². The maximum absolute atomic E-state index is 13.7. The lowest BCUT2D eigenvalue weighted by Gasteiger charge is -2.39. The van der Waals surface area contributed by atoms with Gasteiger partial charge in [-0.25, -0.2) is 8.61 Å². The highest BCUT2D eigenvalue weighted by Gasteiger charge is 2.34. The van der Waals surface area contributed by atoms with Crippen molar-refractivity contribution in [3.05, 3.63) is 0 Å². The normalized spacial score (nSPS) is 14.2. The van der Waals surface area contributed by atoms with Gasteiger partial charge in [-0.2, -0.15) is 0 Å². The Labute approximate surface area is 82.1 Å². The average Bonchev–Trinajstić information content (AvgIpc) is 2.07. The lowest BCUT2D eigenvalue weighted by atomic mass is 10.7. The standard InChI is InChI=1S/C8H20F2N2S/c1-5-11(6-2)13(9,10)12(7-3)8-4/h5-8H2,1-4H3. The lowest BCUT2D eigenvalue weighted by Crippen LogP contribution is -2.35. The Hall–Kier alpha value is 0.130. The fourth-order valence-electron chi connectivity index (χ4n) is 1.23. The summed E-state index contributed by atoms with van der Waals surface area (Å²) in [6.45, 7) is 8.74. The van der Waals surface area contributed by atoms with E-state index in [4.69, 9.17) is 0 Å². The molecule has 5 heteroatoms. The summed E-state index contributed by atoms with van der Waals surface area (Å²) in [5.74, 6) is 0. The van der Waals surface area contributed by atoms with Crippen LogP contribution in [0.3, 0.4) is 0 Å². The highest BCUT2D eigenvalue weighted by atomic mass is 32.3. The topological polar surface area (TPSA) is 6.48 Å². The summed E-state index contributed by atoms with van der Waals surface area (Å²) in [7, 11) is 0. The summed E-state index contributed by atoms with van der Waals surface area (Å²) in [4.78, 5) is 0. The zero-order valence-corrected chi connectivity index (χ0v) is 9.70. The van der Waals surface area contributed by atoms with E-state index in [9.17, 15) is 7.77 Å². The average molecular weight is 214 g/mol. The molecule has 0 aromatic carbocycles. The monoisotopic (exact) mass is 214 g/mol. The molecule has 0 aliphatic rings. The van der Waals surface area contributed by atoms with Crippen LogP contribution in [0.1, 0.15) is 27.7 Å². The van der Waals surface area contributed by atoms with Gasteiger partial charge in [-0.3, -0.25) is 0 Å². The van der Waals surface area contributed by atoms with Gasteiger partial charge in [-0.05, 0) is 0 Å². The minimum Gasteiger partial charge on any atom is -0.207 e. The van der Waals surface area contributed by atoms with E-state index in [0.717, 1.165) is 0 Å². The van der Waals surface area contributed by atoms with Crippen molar-refractivity contribution in [1.29, 1.82) is 0 Å². The van der Waals surface area contributed by atoms with Crippen molar-refractivity contribution in [2.45, 2.75) is 27.7 Å². The van der Waals surface area contributed by atoms with Crippen LogP contribution in [-0.4, -0.2) is 34.8 Å². The molecule has 82 valence electrons. The quantitative estimate of drug-likeness (QED) is 0.670. The molecule has 13 heavy (non-hydrogen) atoms. The second-order valence-electron chi connectivity index (χ2n) is 2.64. The highest BCUT2D eigenvalue weighted by Crippen LogP contribution is 2.57. The predicted octanol–water partition coefficient (Wildman–Crippen LogP) is 3.07. The van der Waals surface area contributed by atoms with Crippen molar-refractivity contribution in [2.24, 2.45) is 0 Å². The largest absolute Gasteiger partial charge is 0.207 e. The SMILES string of the molecule is CCN(CC)S(F)(F)N(CC)CC. The first kappa shape index (κ1) is 13.1. The Morgan fingerprint density at radius 1 is 0.769 bits per heavy atom. The lowest BCUT2D eigenvalue weighted by molar-refractivity contribution is 0.362. The summed E-state index contributed by atoms with van der Waals surface area (Å²) >= 11 is -3.70. The zero-order valence-electron chi connectivity index (χ0n) is 8.89. The number of hydrogen-bond donors (Lipinski definition) is 0. The third kappa shape index (κ3) is 3.07. The van der Waals surface area contributed by atoms with Gasteiger partial charge in [0.15, 0.2) is 11.2 Å². The molecule has 0 radical (unpaired) electrons. The molecule has 0 fully saturated rings. The fourth-order valence-corrected chi connectivity index (χ4v) is 2.80. The molecule has 0 atom stereocenters. The Kier molecular flexibility index (Phi) is 5.83. The van der Waals surface area contributed by atoms with Crippen LogP contribution >= 0.6 is 11.2 Å². The number of halogens is 2. The van der Waals surface area contributed by atoms with Gasteiger partial charge >= 0.3 is 0 Å².